The van der Waals surface area contributed by atoms with Crippen molar-refractivity contribution < 1.29 is 9.90 Å². The smallest absolute Gasteiger partial charge is 0.277 e. The summed E-state index contributed by atoms with van der Waals surface area (Å²) in [5.74, 6) is -0.845. The van der Waals surface area contributed by atoms with Crippen molar-refractivity contribution in [2.75, 3.05) is 12.1 Å². The second-order valence-corrected chi connectivity index (χ2v) is 7.90. The van der Waals surface area contributed by atoms with E-state index in [1.807, 2.05) is 24.3 Å². The summed E-state index contributed by atoms with van der Waals surface area (Å²) in [7, 11) is 1.75. The second-order valence-electron chi connectivity index (χ2n) is 7.90. The number of hydrogen-bond acceptors (Lipinski definition) is 4. The molecule has 2 aromatic carbocycles. The van der Waals surface area contributed by atoms with E-state index in [-0.39, 0.29) is 23.8 Å². The number of nitrogens with zero attached hydrogens (tertiary/aromatic N) is 3. The van der Waals surface area contributed by atoms with E-state index in [2.05, 4.69) is 35.3 Å². The zero-order valence-corrected chi connectivity index (χ0v) is 16.7. The molecule has 1 N–H and O–H groups in total. The Balaban J connectivity index is 1.83. The summed E-state index contributed by atoms with van der Waals surface area (Å²) in [6.07, 6.45) is 4.06. The van der Waals surface area contributed by atoms with Gasteiger partial charge in [0.25, 0.3) is 5.91 Å². The van der Waals surface area contributed by atoms with E-state index in [1.165, 1.54) is 17.2 Å². The van der Waals surface area contributed by atoms with Crippen LogP contribution in [0.15, 0.2) is 71.7 Å². The van der Waals surface area contributed by atoms with E-state index in [1.54, 1.807) is 22.8 Å². The van der Waals surface area contributed by atoms with Crippen LogP contribution >= 0.6 is 0 Å². The van der Waals surface area contributed by atoms with Crippen LogP contribution in [0.5, 0.6) is 5.75 Å². The van der Waals surface area contributed by atoms with Gasteiger partial charge in [-0.05, 0) is 36.0 Å². The molecule has 0 spiro atoms. The number of amides is 1. The number of aromatic nitrogens is 1. The normalized spacial score (nSPS) is 20.6. The third-order valence-electron chi connectivity index (χ3n) is 6.22. The van der Waals surface area contributed by atoms with E-state index >= 15 is 0 Å². The molecule has 0 aliphatic carbocycles. The molecule has 0 saturated heterocycles. The molecule has 30 heavy (non-hydrogen) atoms. The SMILES string of the molecule is CN1C(=O)c2c(O)c(=O)ccn2N2C(c3ccccc3)c3ccccc3CCC[C@@H]12. The highest BCUT2D eigenvalue weighted by Gasteiger charge is 2.42. The van der Waals surface area contributed by atoms with Crippen LogP contribution in [0.2, 0.25) is 0 Å². The van der Waals surface area contributed by atoms with Gasteiger partial charge in [-0.1, -0.05) is 54.6 Å². The third kappa shape index (κ3) is 2.71. The fourth-order valence-corrected chi connectivity index (χ4v) is 4.77. The molecule has 6 nitrogen and oxygen atoms in total. The molecular formula is C24H23N3O3. The van der Waals surface area contributed by atoms with Crippen LogP contribution in [0, 0.1) is 0 Å². The summed E-state index contributed by atoms with van der Waals surface area (Å²) in [5, 5.41) is 12.6. The summed E-state index contributed by atoms with van der Waals surface area (Å²) in [5.41, 5.74) is 2.99. The van der Waals surface area contributed by atoms with E-state index in [0.717, 1.165) is 24.8 Å². The summed E-state index contributed by atoms with van der Waals surface area (Å²) < 4.78 is 1.68. The maximum atomic E-state index is 13.1. The van der Waals surface area contributed by atoms with Gasteiger partial charge in [0, 0.05) is 19.3 Å². The van der Waals surface area contributed by atoms with Gasteiger partial charge in [-0.15, -0.1) is 0 Å². The van der Waals surface area contributed by atoms with Crippen molar-refractivity contribution in [2.24, 2.45) is 0 Å². The van der Waals surface area contributed by atoms with E-state index in [9.17, 15) is 14.7 Å². The van der Waals surface area contributed by atoms with Gasteiger partial charge in [-0.25, -0.2) is 0 Å². The Bertz CT molecular complexity index is 1170. The first-order valence-corrected chi connectivity index (χ1v) is 10.2. The maximum absolute atomic E-state index is 13.1. The van der Waals surface area contributed by atoms with E-state index < -0.39 is 11.2 Å². The molecule has 0 bridgehead atoms. The molecule has 3 heterocycles. The Morgan fingerprint density at radius 2 is 1.70 bits per heavy atom. The van der Waals surface area contributed by atoms with Crippen LogP contribution in [-0.2, 0) is 6.42 Å². The number of hydrogen-bond donors (Lipinski definition) is 1. The molecule has 0 saturated carbocycles. The minimum Gasteiger partial charge on any atom is -0.502 e. The first kappa shape index (κ1) is 18.5. The molecular weight excluding hydrogens is 378 g/mol. The monoisotopic (exact) mass is 401 g/mol. The largest absolute Gasteiger partial charge is 0.502 e. The molecule has 1 amide bonds. The van der Waals surface area contributed by atoms with Crippen LogP contribution in [0.4, 0.5) is 0 Å². The lowest BCUT2D eigenvalue weighted by atomic mass is 9.88. The molecule has 1 aromatic heterocycles. The topological polar surface area (TPSA) is 65.8 Å². The second kappa shape index (κ2) is 7.06. The van der Waals surface area contributed by atoms with Gasteiger partial charge >= 0.3 is 0 Å². The predicted molar refractivity (Wildman–Crippen MR) is 114 cm³/mol. The summed E-state index contributed by atoms with van der Waals surface area (Å²) in [6, 6.07) is 19.7. The zero-order chi connectivity index (χ0) is 20.8. The average molecular weight is 401 g/mol. The molecule has 3 aromatic rings. The lowest BCUT2D eigenvalue weighted by Gasteiger charge is -2.50. The van der Waals surface area contributed by atoms with Gasteiger partial charge in [0.05, 0.1) is 6.04 Å². The molecule has 2 atom stereocenters. The number of benzene rings is 2. The van der Waals surface area contributed by atoms with Crippen LogP contribution in [0.25, 0.3) is 0 Å². The summed E-state index contributed by atoms with van der Waals surface area (Å²) in [6.45, 7) is 0. The van der Waals surface area contributed by atoms with Crippen molar-refractivity contribution in [3.63, 3.8) is 0 Å². The fraction of sp³-hybridized carbons (Fsp3) is 0.250. The van der Waals surface area contributed by atoms with Gasteiger partial charge in [0.15, 0.2) is 11.4 Å². The standard InChI is InChI=1S/C24H23N3O3/c1-25-20-13-7-11-16-8-5-6-12-18(16)21(17-9-3-2-4-10-17)27(20)26-15-14-19(28)23(29)22(26)24(25)30/h2-6,8-10,12,14-15,20-21,29H,7,11,13H2,1H3/t20-,21?/m0/s1. The van der Waals surface area contributed by atoms with Crippen molar-refractivity contribution in [1.29, 1.82) is 0 Å². The van der Waals surface area contributed by atoms with Crippen LogP contribution < -0.4 is 10.4 Å². The Morgan fingerprint density at radius 3 is 2.50 bits per heavy atom. The van der Waals surface area contributed by atoms with Crippen LogP contribution in [0.3, 0.4) is 0 Å². The van der Waals surface area contributed by atoms with Crippen molar-refractivity contribution in [3.8, 4) is 5.75 Å². The third-order valence-corrected chi connectivity index (χ3v) is 6.22. The van der Waals surface area contributed by atoms with Crippen molar-refractivity contribution >= 4 is 5.91 Å². The molecule has 5 rings (SSSR count). The molecule has 152 valence electrons. The summed E-state index contributed by atoms with van der Waals surface area (Å²) in [4.78, 5) is 26.9. The highest BCUT2D eigenvalue weighted by molar-refractivity contribution is 5.96. The highest BCUT2D eigenvalue weighted by Crippen LogP contribution is 2.38. The number of fused-ring (bicyclic) bond motifs is 4. The Hall–Kier alpha value is -3.54. The minimum absolute atomic E-state index is 0.0141. The number of aromatic hydroxyl groups is 1. The van der Waals surface area contributed by atoms with Crippen molar-refractivity contribution in [1.82, 2.24) is 9.58 Å². The summed E-state index contributed by atoms with van der Waals surface area (Å²) >= 11 is 0. The van der Waals surface area contributed by atoms with Gasteiger partial charge in [-0.2, -0.15) is 0 Å². The molecule has 2 aliphatic rings. The van der Waals surface area contributed by atoms with E-state index in [0.29, 0.717) is 0 Å². The first-order chi connectivity index (χ1) is 14.6. The molecule has 0 fully saturated rings. The Labute approximate surface area is 174 Å². The molecule has 1 unspecified atom stereocenters. The molecule has 6 heteroatoms. The zero-order valence-electron chi connectivity index (χ0n) is 16.7. The maximum Gasteiger partial charge on any atom is 0.277 e. The van der Waals surface area contributed by atoms with Gasteiger partial charge in [-0.3, -0.25) is 19.3 Å². The minimum atomic E-state index is -0.551. The fourth-order valence-electron chi connectivity index (χ4n) is 4.77. The highest BCUT2D eigenvalue weighted by atomic mass is 16.3. The first-order valence-electron chi connectivity index (χ1n) is 10.2. The number of carbonyl (C=O) groups excluding carboxylic acids is 1. The van der Waals surface area contributed by atoms with E-state index in [4.69, 9.17) is 0 Å². The lowest BCUT2D eigenvalue weighted by Crippen LogP contribution is -2.61. The lowest BCUT2D eigenvalue weighted by molar-refractivity contribution is 0.0600. The quantitative estimate of drug-likeness (QED) is 0.681. The molecule has 2 aliphatic heterocycles. The average Bonchev–Trinajstić information content (AvgIpc) is 2.75. The van der Waals surface area contributed by atoms with Crippen LogP contribution in [-0.4, -0.2) is 33.8 Å². The Morgan fingerprint density at radius 1 is 0.967 bits per heavy atom. The number of pyridine rings is 1. The van der Waals surface area contributed by atoms with Crippen molar-refractivity contribution in [3.05, 3.63) is 99.5 Å². The van der Waals surface area contributed by atoms with Gasteiger partial charge in [0.1, 0.15) is 6.17 Å². The van der Waals surface area contributed by atoms with Gasteiger partial charge < -0.3 is 10.0 Å². The van der Waals surface area contributed by atoms with Gasteiger partial charge in [0.2, 0.25) is 5.43 Å². The number of carbonyl (C=O) groups is 1. The number of rotatable bonds is 1. The predicted octanol–water partition coefficient (Wildman–Crippen LogP) is 3.03. The molecule has 0 radical (unpaired) electrons. The van der Waals surface area contributed by atoms with Crippen LogP contribution in [0.1, 0.15) is 46.1 Å². The van der Waals surface area contributed by atoms with Crippen molar-refractivity contribution in [2.45, 2.75) is 31.5 Å². The number of aryl methyl sites for hydroxylation is 1. The Kier molecular flexibility index (Phi) is 4.35.